The third-order valence-electron chi connectivity index (χ3n) is 5.51. The maximum Gasteiger partial charge on any atom is 0.295 e. The van der Waals surface area contributed by atoms with Crippen molar-refractivity contribution in [1.29, 1.82) is 0 Å². The summed E-state index contributed by atoms with van der Waals surface area (Å²) < 4.78 is 10.8. The molecule has 2 saturated heterocycles. The van der Waals surface area contributed by atoms with Gasteiger partial charge < -0.3 is 19.5 Å². The first-order valence-electron chi connectivity index (χ1n) is 9.79. The van der Waals surface area contributed by atoms with Crippen molar-refractivity contribution in [2.24, 2.45) is 0 Å². The summed E-state index contributed by atoms with van der Waals surface area (Å²) >= 11 is 6.03. The molecule has 0 aliphatic carbocycles. The average molecular weight is 428 g/mol. The predicted molar refractivity (Wildman–Crippen MR) is 112 cm³/mol. The molecule has 30 heavy (non-hydrogen) atoms. The number of carbonyl (C=O) groups excluding carboxylic acids is 2. The second-order valence-electron chi connectivity index (χ2n) is 7.37. The molecule has 1 N–H and O–H groups in total. The first-order chi connectivity index (χ1) is 14.5. The second kappa shape index (κ2) is 8.50. The molecule has 2 aliphatic rings. The number of carbonyl (C=O) groups is 2. The number of amides is 1. The summed E-state index contributed by atoms with van der Waals surface area (Å²) in [6.45, 7) is 0.934. The Balaban J connectivity index is 1.80. The zero-order valence-corrected chi connectivity index (χ0v) is 17.3. The van der Waals surface area contributed by atoms with Gasteiger partial charge in [-0.3, -0.25) is 9.59 Å². The lowest BCUT2D eigenvalue weighted by molar-refractivity contribution is -0.140. The van der Waals surface area contributed by atoms with E-state index in [1.807, 2.05) is 0 Å². The number of likely N-dealkylation sites (tertiary alicyclic amines) is 1. The number of aliphatic hydroxyl groups excluding tert-OH is 1. The minimum Gasteiger partial charge on any atom is -0.507 e. The van der Waals surface area contributed by atoms with Gasteiger partial charge in [0.25, 0.3) is 11.7 Å². The van der Waals surface area contributed by atoms with Gasteiger partial charge in [-0.25, -0.2) is 0 Å². The van der Waals surface area contributed by atoms with Crippen LogP contribution in [0.3, 0.4) is 0 Å². The van der Waals surface area contributed by atoms with Crippen molar-refractivity contribution in [3.63, 3.8) is 0 Å². The molecular formula is C23H22ClNO5. The summed E-state index contributed by atoms with van der Waals surface area (Å²) in [5.74, 6) is -0.938. The SMILES string of the molecule is COc1ccc(/C(O)=C2\C(=O)C(=O)N(C[C@@H]3CCCO3)[C@@H]2c2ccc(Cl)cc2)cc1. The largest absolute Gasteiger partial charge is 0.507 e. The number of hydrogen-bond donors (Lipinski definition) is 1. The van der Waals surface area contributed by atoms with Gasteiger partial charge in [0, 0.05) is 23.7 Å². The van der Waals surface area contributed by atoms with E-state index in [4.69, 9.17) is 21.1 Å². The third-order valence-corrected chi connectivity index (χ3v) is 5.77. The first-order valence-corrected chi connectivity index (χ1v) is 10.2. The molecule has 0 bridgehead atoms. The van der Waals surface area contributed by atoms with E-state index in [9.17, 15) is 14.7 Å². The van der Waals surface area contributed by atoms with Crippen LogP contribution in [0.25, 0.3) is 5.76 Å². The Bertz CT molecular complexity index is 978. The van der Waals surface area contributed by atoms with Crippen molar-refractivity contribution >= 4 is 29.1 Å². The van der Waals surface area contributed by atoms with Gasteiger partial charge in [0.2, 0.25) is 0 Å². The molecule has 2 atom stereocenters. The van der Waals surface area contributed by atoms with Crippen LogP contribution in [-0.2, 0) is 14.3 Å². The topological polar surface area (TPSA) is 76.1 Å². The molecule has 1 amide bonds. The number of hydrogen-bond acceptors (Lipinski definition) is 5. The summed E-state index contributed by atoms with van der Waals surface area (Å²) in [4.78, 5) is 27.4. The molecule has 2 aliphatic heterocycles. The van der Waals surface area contributed by atoms with Gasteiger partial charge in [-0.2, -0.15) is 0 Å². The van der Waals surface area contributed by atoms with Crippen molar-refractivity contribution in [2.45, 2.75) is 25.0 Å². The van der Waals surface area contributed by atoms with E-state index in [2.05, 4.69) is 0 Å². The molecular weight excluding hydrogens is 406 g/mol. The quantitative estimate of drug-likeness (QED) is 0.444. The van der Waals surface area contributed by atoms with E-state index < -0.39 is 17.7 Å². The summed E-state index contributed by atoms with van der Waals surface area (Å²) in [5.41, 5.74) is 1.20. The minimum absolute atomic E-state index is 0.0606. The molecule has 0 unspecified atom stereocenters. The van der Waals surface area contributed by atoms with Crippen LogP contribution < -0.4 is 4.74 Å². The highest BCUT2D eigenvalue weighted by Crippen LogP contribution is 2.40. The fourth-order valence-electron chi connectivity index (χ4n) is 3.97. The van der Waals surface area contributed by atoms with Crippen LogP contribution in [-0.4, -0.2) is 48.1 Å². The maximum atomic E-state index is 13.0. The number of rotatable bonds is 5. The average Bonchev–Trinajstić information content (AvgIpc) is 3.36. The van der Waals surface area contributed by atoms with Gasteiger partial charge >= 0.3 is 0 Å². The Labute approximate surface area is 179 Å². The molecule has 2 heterocycles. The fraction of sp³-hybridized carbons (Fsp3) is 0.304. The van der Waals surface area contributed by atoms with Crippen molar-refractivity contribution in [3.05, 3.63) is 70.3 Å². The standard InChI is InChI=1S/C23H22ClNO5/c1-29-17-10-6-15(7-11-17)21(26)19-20(14-4-8-16(24)9-5-14)25(23(28)22(19)27)13-18-3-2-12-30-18/h4-11,18,20,26H,2-3,12-13H2,1H3/b21-19+/t18-,20+/m0/s1. The number of nitrogens with zero attached hydrogens (tertiary/aromatic N) is 1. The zero-order valence-electron chi connectivity index (χ0n) is 16.5. The van der Waals surface area contributed by atoms with E-state index in [-0.39, 0.29) is 24.0 Å². The second-order valence-corrected chi connectivity index (χ2v) is 7.80. The van der Waals surface area contributed by atoms with Gasteiger partial charge in [-0.15, -0.1) is 0 Å². The van der Waals surface area contributed by atoms with Crippen LogP contribution in [0.5, 0.6) is 5.75 Å². The molecule has 0 spiro atoms. The number of methoxy groups -OCH3 is 1. The lowest BCUT2D eigenvalue weighted by Crippen LogP contribution is -2.36. The molecule has 0 aromatic heterocycles. The van der Waals surface area contributed by atoms with Crippen molar-refractivity contribution in [1.82, 2.24) is 4.90 Å². The van der Waals surface area contributed by atoms with Gasteiger partial charge in [0.1, 0.15) is 11.5 Å². The summed E-state index contributed by atoms with van der Waals surface area (Å²) in [6, 6.07) is 12.9. The van der Waals surface area contributed by atoms with Crippen LogP contribution >= 0.6 is 11.6 Å². The Morgan fingerprint density at radius 3 is 2.47 bits per heavy atom. The number of Topliss-reactive ketones (excluding diaryl/α,β-unsaturated/α-hetero) is 1. The van der Waals surface area contributed by atoms with E-state index in [0.29, 0.717) is 28.5 Å². The van der Waals surface area contributed by atoms with E-state index in [1.165, 1.54) is 4.90 Å². The van der Waals surface area contributed by atoms with E-state index >= 15 is 0 Å². The molecule has 6 nitrogen and oxygen atoms in total. The van der Waals surface area contributed by atoms with Crippen LogP contribution in [0, 0.1) is 0 Å². The van der Waals surface area contributed by atoms with Crippen molar-refractivity contribution in [3.8, 4) is 5.75 Å². The van der Waals surface area contributed by atoms with Crippen LogP contribution in [0.15, 0.2) is 54.1 Å². The van der Waals surface area contributed by atoms with Crippen LogP contribution in [0.4, 0.5) is 0 Å². The summed E-state index contributed by atoms with van der Waals surface area (Å²) in [7, 11) is 1.55. The molecule has 0 saturated carbocycles. The van der Waals surface area contributed by atoms with Gasteiger partial charge in [0.15, 0.2) is 0 Å². The lowest BCUT2D eigenvalue weighted by Gasteiger charge is -2.27. The van der Waals surface area contributed by atoms with E-state index in [1.54, 1.807) is 55.6 Å². The van der Waals surface area contributed by atoms with E-state index in [0.717, 1.165) is 12.8 Å². The highest BCUT2D eigenvalue weighted by Gasteiger charge is 2.47. The van der Waals surface area contributed by atoms with Crippen LogP contribution in [0.2, 0.25) is 5.02 Å². The van der Waals surface area contributed by atoms with Gasteiger partial charge in [-0.05, 0) is 54.8 Å². The highest BCUT2D eigenvalue weighted by atomic mass is 35.5. The smallest absolute Gasteiger partial charge is 0.295 e. The number of ketones is 1. The molecule has 7 heteroatoms. The minimum atomic E-state index is -0.714. The Kier molecular flexibility index (Phi) is 5.79. The Hall–Kier alpha value is -2.83. The molecule has 0 radical (unpaired) electrons. The zero-order chi connectivity index (χ0) is 21.3. The third kappa shape index (κ3) is 3.80. The monoisotopic (exact) mass is 427 g/mol. The predicted octanol–water partition coefficient (Wildman–Crippen LogP) is 3.95. The van der Waals surface area contributed by atoms with Crippen molar-refractivity contribution in [2.75, 3.05) is 20.3 Å². The molecule has 2 aromatic rings. The van der Waals surface area contributed by atoms with Crippen molar-refractivity contribution < 1.29 is 24.2 Å². The molecule has 2 fully saturated rings. The Morgan fingerprint density at radius 2 is 1.87 bits per heavy atom. The first kappa shape index (κ1) is 20.4. The van der Waals surface area contributed by atoms with Crippen LogP contribution in [0.1, 0.15) is 30.0 Å². The normalized spacial score (nSPS) is 23.2. The van der Waals surface area contributed by atoms with Gasteiger partial charge in [0.05, 0.1) is 24.8 Å². The number of benzene rings is 2. The number of ether oxygens (including phenoxy) is 2. The fourth-order valence-corrected chi connectivity index (χ4v) is 4.10. The Morgan fingerprint density at radius 1 is 1.17 bits per heavy atom. The summed E-state index contributed by atoms with van der Waals surface area (Å²) in [6.07, 6.45) is 1.62. The number of halogens is 1. The highest BCUT2D eigenvalue weighted by molar-refractivity contribution is 6.46. The maximum absolute atomic E-state index is 13.0. The summed E-state index contributed by atoms with van der Waals surface area (Å²) in [5, 5.41) is 11.6. The lowest BCUT2D eigenvalue weighted by atomic mass is 9.95. The molecule has 156 valence electrons. The van der Waals surface area contributed by atoms with Gasteiger partial charge in [-0.1, -0.05) is 23.7 Å². The number of aliphatic hydroxyl groups is 1. The molecule has 4 rings (SSSR count). The molecule has 2 aromatic carbocycles.